The minimum atomic E-state index is -3.41. The topological polar surface area (TPSA) is 59.1 Å². The normalized spacial score (nSPS) is 12.3. The zero-order chi connectivity index (χ0) is 16.2. The maximum absolute atomic E-state index is 12.4. The van der Waals surface area contributed by atoms with Crippen molar-refractivity contribution >= 4 is 10.0 Å². The summed E-state index contributed by atoms with van der Waals surface area (Å²) >= 11 is 0. The van der Waals surface area contributed by atoms with E-state index >= 15 is 0 Å². The van der Waals surface area contributed by atoms with Crippen molar-refractivity contribution in [3.8, 4) is 11.1 Å². The maximum Gasteiger partial charge on any atom is 0.221 e. The average Bonchev–Trinajstić information content (AvgIpc) is 2.54. The van der Waals surface area contributed by atoms with Crippen molar-refractivity contribution in [2.45, 2.75) is 31.9 Å². The van der Waals surface area contributed by atoms with Gasteiger partial charge in [-0.2, -0.15) is 0 Å². The third kappa shape index (κ3) is 3.36. The van der Waals surface area contributed by atoms with Crippen LogP contribution >= 0.6 is 0 Å². The standard InChI is InChI=1S/C17H22N2O2S/c1-4-11-19-22(20,21)17(2,3)16-7-5-14(6-8-16)15-9-12-18-13-10-15/h5-10,12-13,19H,4,11H2,1-3H3. The highest BCUT2D eigenvalue weighted by Gasteiger charge is 2.35. The zero-order valence-electron chi connectivity index (χ0n) is 13.2. The van der Waals surface area contributed by atoms with Crippen molar-refractivity contribution in [1.29, 1.82) is 0 Å². The van der Waals surface area contributed by atoms with Gasteiger partial charge in [0, 0.05) is 18.9 Å². The van der Waals surface area contributed by atoms with Crippen molar-refractivity contribution in [2.24, 2.45) is 0 Å². The summed E-state index contributed by atoms with van der Waals surface area (Å²) < 4.78 is 26.6. The van der Waals surface area contributed by atoms with E-state index in [0.717, 1.165) is 23.1 Å². The first-order chi connectivity index (χ1) is 10.4. The summed E-state index contributed by atoms with van der Waals surface area (Å²) in [7, 11) is -3.41. The van der Waals surface area contributed by atoms with E-state index < -0.39 is 14.8 Å². The number of rotatable bonds is 6. The van der Waals surface area contributed by atoms with E-state index in [-0.39, 0.29) is 0 Å². The van der Waals surface area contributed by atoms with E-state index in [1.807, 2.05) is 43.3 Å². The minimum absolute atomic E-state index is 0.459. The van der Waals surface area contributed by atoms with Crippen LogP contribution in [0.1, 0.15) is 32.8 Å². The summed E-state index contributed by atoms with van der Waals surface area (Å²) in [5.41, 5.74) is 2.88. The second kappa shape index (κ2) is 6.58. The van der Waals surface area contributed by atoms with Crippen molar-refractivity contribution in [2.75, 3.05) is 6.54 Å². The molecule has 1 aromatic carbocycles. The Kier molecular flexibility index (Phi) is 4.98. The van der Waals surface area contributed by atoms with E-state index in [9.17, 15) is 8.42 Å². The van der Waals surface area contributed by atoms with E-state index in [2.05, 4.69) is 9.71 Å². The van der Waals surface area contributed by atoms with Gasteiger partial charge in [-0.05, 0) is 49.1 Å². The van der Waals surface area contributed by atoms with Crippen molar-refractivity contribution in [3.05, 3.63) is 54.4 Å². The molecule has 0 saturated heterocycles. The molecule has 0 aliphatic carbocycles. The summed E-state index contributed by atoms with van der Waals surface area (Å²) in [5, 5.41) is 0. The SMILES string of the molecule is CCCNS(=O)(=O)C(C)(C)c1ccc(-c2ccncc2)cc1. The third-order valence-corrected chi connectivity index (χ3v) is 5.97. The van der Waals surface area contributed by atoms with Crippen LogP contribution in [0.25, 0.3) is 11.1 Å². The number of sulfonamides is 1. The quantitative estimate of drug-likeness (QED) is 0.889. The Morgan fingerprint density at radius 1 is 1.00 bits per heavy atom. The van der Waals surface area contributed by atoms with Gasteiger partial charge in [0.15, 0.2) is 0 Å². The number of hydrogen-bond donors (Lipinski definition) is 1. The first-order valence-electron chi connectivity index (χ1n) is 7.38. The molecule has 0 saturated carbocycles. The second-order valence-corrected chi connectivity index (χ2v) is 8.04. The Balaban J connectivity index is 2.30. The highest BCUT2D eigenvalue weighted by molar-refractivity contribution is 7.90. The number of benzene rings is 1. The fourth-order valence-electron chi connectivity index (χ4n) is 2.18. The number of pyridine rings is 1. The van der Waals surface area contributed by atoms with Gasteiger partial charge in [0.05, 0.1) is 0 Å². The lowest BCUT2D eigenvalue weighted by Gasteiger charge is -2.25. The Bertz CT molecular complexity index is 708. The van der Waals surface area contributed by atoms with Gasteiger partial charge in [-0.1, -0.05) is 31.2 Å². The molecule has 0 radical (unpaired) electrons. The molecule has 0 spiro atoms. The molecule has 0 bridgehead atoms. The van der Waals surface area contributed by atoms with Gasteiger partial charge >= 0.3 is 0 Å². The van der Waals surface area contributed by atoms with E-state index in [4.69, 9.17) is 0 Å². The fraction of sp³-hybridized carbons (Fsp3) is 0.353. The molecule has 4 nitrogen and oxygen atoms in total. The van der Waals surface area contributed by atoms with Gasteiger partial charge in [0.25, 0.3) is 0 Å². The number of aromatic nitrogens is 1. The van der Waals surface area contributed by atoms with Crippen molar-refractivity contribution in [3.63, 3.8) is 0 Å². The molecule has 1 heterocycles. The largest absolute Gasteiger partial charge is 0.265 e. The molecule has 1 N–H and O–H groups in total. The first-order valence-corrected chi connectivity index (χ1v) is 8.87. The Morgan fingerprint density at radius 3 is 2.09 bits per heavy atom. The van der Waals surface area contributed by atoms with E-state index in [1.165, 1.54) is 0 Å². The zero-order valence-corrected chi connectivity index (χ0v) is 14.0. The lowest BCUT2D eigenvalue weighted by atomic mass is 9.98. The van der Waals surface area contributed by atoms with E-state index in [1.54, 1.807) is 26.2 Å². The fourth-order valence-corrected chi connectivity index (χ4v) is 3.46. The van der Waals surface area contributed by atoms with Crippen molar-refractivity contribution in [1.82, 2.24) is 9.71 Å². The molecule has 2 rings (SSSR count). The van der Waals surface area contributed by atoms with Crippen LogP contribution in [-0.4, -0.2) is 19.9 Å². The molecule has 0 unspecified atom stereocenters. The molecule has 0 fully saturated rings. The van der Waals surface area contributed by atoms with Gasteiger partial charge in [0.1, 0.15) is 4.75 Å². The van der Waals surface area contributed by atoms with Crippen LogP contribution in [0.15, 0.2) is 48.8 Å². The molecule has 118 valence electrons. The van der Waals surface area contributed by atoms with Crippen LogP contribution in [-0.2, 0) is 14.8 Å². The molecule has 0 atom stereocenters. The highest BCUT2D eigenvalue weighted by Crippen LogP contribution is 2.30. The summed E-state index contributed by atoms with van der Waals surface area (Å²) in [6, 6.07) is 11.5. The Morgan fingerprint density at radius 2 is 1.55 bits per heavy atom. The maximum atomic E-state index is 12.4. The molecular formula is C17H22N2O2S. The molecule has 0 amide bonds. The summed E-state index contributed by atoms with van der Waals surface area (Å²) in [6.07, 6.45) is 4.26. The predicted octanol–water partition coefficient (Wildman–Crippen LogP) is 3.31. The summed E-state index contributed by atoms with van der Waals surface area (Å²) in [6.45, 7) is 5.86. The first kappa shape index (κ1) is 16.6. The molecule has 22 heavy (non-hydrogen) atoms. The van der Waals surface area contributed by atoms with Crippen LogP contribution in [0.3, 0.4) is 0 Å². The smallest absolute Gasteiger partial charge is 0.221 e. The second-order valence-electron chi connectivity index (χ2n) is 5.72. The van der Waals surface area contributed by atoms with Gasteiger partial charge in [-0.3, -0.25) is 4.98 Å². The average molecular weight is 318 g/mol. The molecule has 0 aliphatic rings. The Hall–Kier alpha value is -1.72. The van der Waals surface area contributed by atoms with Gasteiger partial charge in [-0.15, -0.1) is 0 Å². The van der Waals surface area contributed by atoms with Crippen molar-refractivity contribution < 1.29 is 8.42 Å². The molecule has 2 aromatic rings. The highest BCUT2D eigenvalue weighted by atomic mass is 32.2. The molecule has 5 heteroatoms. The Labute approximate surface area is 132 Å². The van der Waals surface area contributed by atoms with Crippen LogP contribution in [0.2, 0.25) is 0 Å². The molecule has 0 aliphatic heterocycles. The lowest BCUT2D eigenvalue weighted by molar-refractivity contribution is 0.539. The molecular weight excluding hydrogens is 296 g/mol. The predicted molar refractivity (Wildman–Crippen MR) is 89.9 cm³/mol. The van der Waals surface area contributed by atoms with Crippen LogP contribution in [0, 0.1) is 0 Å². The van der Waals surface area contributed by atoms with Gasteiger partial charge < -0.3 is 0 Å². The number of nitrogens with one attached hydrogen (secondary N) is 1. The number of nitrogens with zero attached hydrogens (tertiary/aromatic N) is 1. The third-order valence-electron chi connectivity index (χ3n) is 3.81. The van der Waals surface area contributed by atoms with Crippen LogP contribution in [0.4, 0.5) is 0 Å². The summed E-state index contributed by atoms with van der Waals surface area (Å²) in [4.78, 5) is 4.00. The minimum Gasteiger partial charge on any atom is -0.265 e. The van der Waals surface area contributed by atoms with Gasteiger partial charge in [-0.25, -0.2) is 13.1 Å². The van der Waals surface area contributed by atoms with Gasteiger partial charge in [0.2, 0.25) is 10.0 Å². The van der Waals surface area contributed by atoms with Crippen LogP contribution < -0.4 is 4.72 Å². The lowest BCUT2D eigenvalue weighted by Crippen LogP contribution is -2.39. The summed E-state index contributed by atoms with van der Waals surface area (Å²) in [5.74, 6) is 0. The monoisotopic (exact) mass is 318 g/mol. The van der Waals surface area contributed by atoms with Crippen LogP contribution in [0.5, 0.6) is 0 Å². The molecule has 1 aromatic heterocycles. The number of hydrogen-bond acceptors (Lipinski definition) is 3. The van der Waals surface area contributed by atoms with E-state index in [0.29, 0.717) is 6.54 Å².